The fourth-order valence-corrected chi connectivity index (χ4v) is 3.33. The molecular weight excluding hydrogens is 397 g/mol. The van der Waals surface area contributed by atoms with Gasteiger partial charge in [-0.25, -0.2) is 8.78 Å². The smallest absolute Gasteiger partial charge is 0.493 e. The number of nitrogens with zero attached hydrogens (tertiary/aromatic N) is 1. The van der Waals surface area contributed by atoms with Crippen molar-refractivity contribution < 1.29 is 36.2 Å². The van der Waals surface area contributed by atoms with Crippen LogP contribution in [0.2, 0.25) is 0 Å². The number of amides is 1. The zero-order valence-corrected chi connectivity index (χ0v) is 15.4. The lowest BCUT2D eigenvalue weighted by molar-refractivity contribution is -0.274. The second-order valence-corrected chi connectivity index (χ2v) is 6.46. The van der Waals surface area contributed by atoms with Crippen LogP contribution in [0.1, 0.15) is 30.5 Å². The Hall–Kier alpha value is -2.84. The van der Waals surface area contributed by atoms with Crippen LogP contribution >= 0.6 is 0 Å². The van der Waals surface area contributed by atoms with Crippen molar-refractivity contribution in [2.75, 3.05) is 6.61 Å². The molecule has 2 unspecified atom stereocenters. The van der Waals surface area contributed by atoms with Crippen LogP contribution < -0.4 is 9.47 Å². The molecule has 0 saturated carbocycles. The molecule has 9 heteroatoms. The monoisotopic (exact) mass is 415 g/mol. The maximum Gasteiger partial charge on any atom is 0.573 e. The molecule has 2 aromatic rings. The van der Waals surface area contributed by atoms with Gasteiger partial charge >= 0.3 is 6.36 Å². The molecule has 1 aliphatic heterocycles. The first-order chi connectivity index (χ1) is 13.7. The first kappa shape index (κ1) is 20.9. The molecule has 0 radical (unpaired) electrons. The van der Waals surface area contributed by atoms with Crippen LogP contribution in [0.5, 0.6) is 11.5 Å². The Morgan fingerprint density at radius 1 is 1.14 bits per heavy atom. The number of hydrogen-bond acceptors (Lipinski definition) is 3. The topological polar surface area (TPSA) is 38.8 Å². The van der Waals surface area contributed by atoms with Crippen molar-refractivity contribution in [3.63, 3.8) is 0 Å². The highest BCUT2D eigenvalue weighted by Crippen LogP contribution is 2.41. The first-order valence-electron chi connectivity index (χ1n) is 8.90. The van der Waals surface area contributed by atoms with Gasteiger partial charge in [0.25, 0.3) is 5.91 Å². The van der Waals surface area contributed by atoms with Crippen LogP contribution in [0.4, 0.5) is 22.0 Å². The molecule has 4 nitrogen and oxygen atoms in total. The minimum absolute atomic E-state index is 0.0832. The predicted molar refractivity (Wildman–Crippen MR) is 93.5 cm³/mol. The summed E-state index contributed by atoms with van der Waals surface area (Å²) in [5.41, 5.74) is 0.529. The lowest BCUT2D eigenvalue weighted by Crippen LogP contribution is -2.30. The Morgan fingerprint density at radius 2 is 1.83 bits per heavy atom. The standard InChI is InChI=1S/C20H18F5NO3/c1-2-28-17-5-3-4-14(21)18(17)16-10-15(22)19(27)26(16)11-12-6-8-13(9-7-12)29-20(23,24)25/h3-9,15-16H,2,10-11H2,1H3. The summed E-state index contributed by atoms with van der Waals surface area (Å²) in [4.78, 5) is 13.5. The van der Waals surface area contributed by atoms with Crippen LogP contribution in [0, 0.1) is 5.82 Å². The molecule has 1 heterocycles. The van der Waals surface area contributed by atoms with Crippen LogP contribution in [-0.4, -0.2) is 29.9 Å². The Bertz CT molecular complexity index is 869. The molecule has 2 aromatic carbocycles. The van der Waals surface area contributed by atoms with Gasteiger partial charge in [-0.1, -0.05) is 18.2 Å². The van der Waals surface area contributed by atoms with Gasteiger partial charge in [0.15, 0.2) is 6.17 Å². The van der Waals surface area contributed by atoms with Crippen molar-refractivity contribution in [2.45, 2.75) is 38.5 Å². The minimum atomic E-state index is -4.82. The lowest BCUT2D eigenvalue weighted by Gasteiger charge is -2.26. The van der Waals surface area contributed by atoms with Crippen molar-refractivity contribution in [1.82, 2.24) is 4.90 Å². The summed E-state index contributed by atoms with van der Waals surface area (Å²) in [7, 11) is 0. The van der Waals surface area contributed by atoms with Crippen molar-refractivity contribution in [3.05, 3.63) is 59.4 Å². The fourth-order valence-electron chi connectivity index (χ4n) is 3.33. The van der Waals surface area contributed by atoms with E-state index < -0.39 is 36.0 Å². The molecule has 0 N–H and O–H groups in total. The molecule has 1 fully saturated rings. The number of benzene rings is 2. The second-order valence-electron chi connectivity index (χ2n) is 6.46. The summed E-state index contributed by atoms with van der Waals surface area (Å²) >= 11 is 0. The largest absolute Gasteiger partial charge is 0.573 e. The zero-order chi connectivity index (χ0) is 21.2. The van der Waals surface area contributed by atoms with Crippen molar-refractivity contribution in [3.8, 4) is 11.5 Å². The average Bonchev–Trinajstić information content (AvgIpc) is 2.91. The summed E-state index contributed by atoms with van der Waals surface area (Å²) < 4.78 is 74.8. The third kappa shape index (κ3) is 4.78. The number of halogens is 5. The number of hydrogen-bond donors (Lipinski definition) is 0. The highest BCUT2D eigenvalue weighted by atomic mass is 19.4. The maximum atomic E-state index is 14.5. The molecule has 0 spiro atoms. The van der Waals surface area contributed by atoms with E-state index in [-0.39, 0.29) is 30.9 Å². The van der Waals surface area contributed by atoms with Gasteiger partial charge in [0.05, 0.1) is 18.2 Å². The molecule has 1 aliphatic rings. The molecule has 0 aromatic heterocycles. The average molecular weight is 415 g/mol. The summed E-state index contributed by atoms with van der Waals surface area (Å²) in [5.74, 6) is -1.63. The van der Waals surface area contributed by atoms with E-state index in [4.69, 9.17) is 4.74 Å². The van der Waals surface area contributed by atoms with Gasteiger partial charge in [-0.15, -0.1) is 13.2 Å². The van der Waals surface area contributed by atoms with Gasteiger partial charge in [0, 0.05) is 13.0 Å². The number of likely N-dealkylation sites (tertiary alicyclic amines) is 1. The second kappa shape index (κ2) is 8.26. The van der Waals surface area contributed by atoms with Crippen LogP contribution in [0.3, 0.4) is 0 Å². The highest BCUT2D eigenvalue weighted by Gasteiger charge is 2.42. The van der Waals surface area contributed by atoms with Gasteiger partial charge in [-0.3, -0.25) is 4.79 Å². The summed E-state index contributed by atoms with van der Waals surface area (Å²) in [6.45, 7) is 1.88. The molecule has 0 aliphatic carbocycles. The number of rotatable bonds is 6. The molecule has 1 saturated heterocycles. The summed E-state index contributed by atoms with van der Waals surface area (Å²) in [6, 6.07) is 8.17. The van der Waals surface area contributed by atoms with E-state index in [0.29, 0.717) is 5.56 Å². The highest BCUT2D eigenvalue weighted by molar-refractivity contribution is 5.84. The Labute approximate surface area is 163 Å². The van der Waals surface area contributed by atoms with E-state index in [0.717, 1.165) is 12.1 Å². The van der Waals surface area contributed by atoms with Crippen LogP contribution in [0.15, 0.2) is 42.5 Å². The third-order valence-electron chi connectivity index (χ3n) is 4.51. The Morgan fingerprint density at radius 3 is 2.45 bits per heavy atom. The van der Waals surface area contributed by atoms with Gasteiger partial charge < -0.3 is 14.4 Å². The van der Waals surface area contributed by atoms with Crippen molar-refractivity contribution >= 4 is 5.91 Å². The minimum Gasteiger partial charge on any atom is -0.493 e. The van der Waals surface area contributed by atoms with E-state index in [1.807, 2.05) is 0 Å². The summed E-state index contributed by atoms with van der Waals surface area (Å²) in [5, 5.41) is 0. The number of ether oxygens (including phenoxy) is 2. The van der Waals surface area contributed by atoms with Crippen LogP contribution in [-0.2, 0) is 11.3 Å². The number of carbonyl (C=O) groups is 1. The molecule has 0 bridgehead atoms. The molecule has 1 amide bonds. The van der Waals surface area contributed by atoms with Crippen molar-refractivity contribution in [1.29, 1.82) is 0 Å². The predicted octanol–water partition coefficient (Wildman–Crippen LogP) is 4.93. The molecule has 29 heavy (non-hydrogen) atoms. The molecular formula is C20H18F5NO3. The first-order valence-corrected chi connectivity index (χ1v) is 8.90. The van der Waals surface area contributed by atoms with E-state index in [1.54, 1.807) is 13.0 Å². The van der Waals surface area contributed by atoms with E-state index in [1.165, 1.54) is 29.2 Å². The molecule has 156 valence electrons. The fraction of sp³-hybridized carbons (Fsp3) is 0.350. The number of alkyl halides is 4. The van der Waals surface area contributed by atoms with Gasteiger partial charge in [0.1, 0.15) is 17.3 Å². The summed E-state index contributed by atoms with van der Waals surface area (Å²) in [6.07, 6.45) is -6.86. The van der Waals surface area contributed by atoms with Gasteiger partial charge in [-0.2, -0.15) is 0 Å². The Balaban J connectivity index is 1.87. The SMILES string of the molecule is CCOc1cccc(F)c1C1CC(F)C(=O)N1Cc1ccc(OC(F)(F)F)cc1. The maximum absolute atomic E-state index is 14.5. The van der Waals surface area contributed by atoms with Crippen molar-refractivity contribution in [2.24, 2.45) is 0 Å². The molecule has 3 rings (SSSR count). The van der Waals surface area contributed by atoms with Crippen LogP contribution in [0.25, 0.3) is 0 Å². The molecule has 2 atom stereocenters. The Kier molecular flexibility index (Phi) is 5.95. The van der Waals surface area contributed by atoms with E-state index in [2.05, 4.69) is 4.74 Å². The normalized spacial score (nSPS) is 19.5. The number of carbonyl (C=O) groups excluding carboxylic acids is 1. The van der Waals surface area contributed by atoms with Gasteiger partial charge in [0.2, 0.25) is 0 Å². The quantitative estimate of drug-likeness (QED) is 0.628. The van der Waals surface area contributed by atoms with E-state index >= 15 is 0 Å². The zero-order valence-electron chi connectivity index (χ0n) is 15.4. The van der Waals surface area contributed by atoms with E-state index in [9.17, 15) is 26.7 Å². The third-order valence-corrected chi connectivity index (χ3v) is 4.51. The lowest BCUT2D eigenvalue weighted by atomic mass is 10.0. The van der Waals surface area contributed by atoms with Gasteiger partial charge in [-0.05, 0) is 36.8 Å².